The Morgan fingerprint density at radius 3 is 3.04 bits per heavy atom. The second kappa shape index (κ2) is 5.98. The van der Waals surface area contributed by atoms with Crippen LogP contribution in [0.1, 0.15) is 48.1 Å². The minimum absolute atomic E-state index is 0.196. The number of β-amino-alcohol motifs (C(OH)–C–C–N with tert-alkyl or cyclic N) is 1. The summed E-state index contributed by atoms with van der Waals surface area (Å²) in [5.74, 6) is 2.44. The third kappa shape index (κ3) is 2.99. The fourth-order valence-electron chi connectivity index (χ4n) is 3.54. The summed E-state index contributed by atoms with van der Waals surface area (Å²) in [6.07, 6.45) is 4.68. The normalized spacial score (nSPS) is 25.0. The zero-order valence-corrected chi connectivity index (χ0v) is 13.3. The number of methoxy groups -OCH3 is 1. The van der Waals surface area contributed by atoms with Crippen LogP contribution in [0, 0.1) is 0 Å². The van der Waals surface area contributed by atoms with Gasteiger partial charge in [-0.05, 0) is 37.0 Å². The summed E-state index contributed by atoms with van der Waals surface area (Å²) in [5, 5.41) is 14.2. The Bertz CT molecular complexity index is 680. The number of likely N-dealkylation sites (tertiary alicyclic amines) is 1. The fourth-order valence-corrected chi connectivity index (χ4v) is 3.54. The van der Waals surface area contributed by atoms with Gasteiger partial charge in [0.05, 0.1) is 19.4 Å². The zero-order valence-electron chi connectivity index (χ0n) is 13.3. The first-order valence-corrected chi connectivity index (χ1v) is 8.24. The Morgan fingerprint density at radius 2 is 2.26 bits per heavy atom. The van der Waals surface area contributed by atoms with Gasteiger partial charge in [0, 0.05) is 30.6 Å². The highest BCUT2D eigenvalue weighted by Crippen LogP contribution is 2.43. The van der Waals surface area contributed by atoms with E-state index in [-0.39, 0.29) is 12.1 Å². The Kier molecular flexibility index (Phi) is 3.83. The van der Waals surface area contributed by atoms with E-state index in [1.54, 1.807) is 7.11 Å². The average molecular weight is 314 g/mol. The monoisotopic (exact) mass is 314 g/mol. The van der Waals surface area contributed by atoms with Gasteiger partial charge >= 0.3 is 0 Å². The van der Waals surface area contributed by atoms with Crippen molar-refractivity contribution in [2.75, 3.05) is 13.7 Å². The van der Waals surface area contributed by atoms with Gasteiger partial charge < -0.3 is 14.4 Å². The standard InChI is InChI=1S/C18H22N2O3/c1-22-16-4-2-3-13(7-16)17-8-15(21)11-20(17)10-14-9-19-23-18(14)12-5-6-12/h2-4,7,9,12,15,17,21H,5-6,8,10-11H2,1H3/t15-,17+/m0/s1. The summed E-state index contributed by atoms with van der Waals surface area (Å²) < 4.78 is 10.8. The van der Waals surface area contributed by atoms with Crippen LogP contribution in [0.5, 0.6) is 5.75 Å². The Morgan fingerprint density at radius 1 is 1.39 bits per heavy atom. The van der Waals surface area contributed by atoms with Crippen molar-refractivity contribution in [2.45, 2.75) is 43.9 Å². The summed E-state index contributed by atoms with van der Waals surface area (Å²) in [6.45, 7) is 1.45. The molecule has 2 aliphatic rings. The van der Waals surface area contributed by atoms with E-state index in [4.69, 9.17) is 9.26 Å². The molecule has 1 aliphatic carbocycles. The molecule has 2 aromatic rings. The van der Waals surface area contributed by atoms with Gasteiger partial charge in [-0.3, -0.25) is 4.90 Å². The molecule has 5 nitrogen and oxygen atoms in total. The Hall–Kier alpha value is -1.85. The maximum Gasteiger partial charge on any atom is 0.144 e. The van der Waals surface area contributed by atoms with Crippen LogP contribution in [0.2, 0.25) is 0 Å². The SMILES string of the molecule is COc1cccc([C@H]2C[C@H](O)CN2Cc2cnoc2C2CC2)c1. The first-order chi connectivity index (χ1) is 11.2. The number of aromatic nitrogens is 1. The first-order valence-electron chi connectivity index (χ1n) is 8.24. The van der Waals surface area contributed by atoms with Crippen LogP contribution in [0.4, 0.5) is 0 Å². The molecule has 1 aromatic carbocycles. The number of aliphatic hydroxyl groups excluding tert-OH is 1. The highest BCUT2D eigenvalue weighted by Gasteiger charge is 2.35. The van der Waals surface area contributed by atoms with Gasteiger partial charge in [0.1, 0.15) is 11.5 Å². The number of hydrogen-bond acceptors (Lipinski definition) is 5. The van der Waals surface area contributed by atoms with Crippen LogP contribution in [-0.4, -0.2) is 34.9 Å². The topological polar surface area (TPSA) is 58.7 Å². The minimum Gasteiger partial charge on any atom is -0.497 e. The van der Waals surface area contributed by atoms with Crippen molar-refractivity contribution in [2.24, 2.45) is 0 Å². The molecule has 2 heterocycles. The highest BCUT2D eigenvalue weighted by atomic mass is 16.5. The van der Waals surface area contributed by atoms with Gasteiger partial charge in [-0.2, -0.15) is 0 Å². The average Bonchev–Trinajstić information content (AvgIpc) is 3.20. The van der Waals surface area contributed by atoms with Gasteiger partial charge in [-0.1, -0.05) is 17.3 Å². The van der Waals surface area contributed by atoms with Crippen LogP contribution >= 0.6 is 0 Å². The third-order valence-corrected chi connectivity index (χ3v) is 4.86. The van der Waals surface area contributed by atoms with Gasteiger partial charge in [-0.15, -0.1) is 0 Å². The molecule has 0 bridgehead atoms. The van der Waals surface area contributed by atoms with Crippen LogP contribution in [-0.2, 0) is 6.54 Å². The molecule has 4 rings (SSSR count). The van der Waals surface area contributed by atoms with Crippen molar-refractivity contribution in [3.63, 3.8) is 0 Å². The van der Waals surface area contributed by atoms with Gasteiger partial charge in [0.15, 0.2) is 0 Å². The lowest BCUT2D eigenvalue weighted by atomic mass is 10.0. The summed E-state index contributed by atoms with van der Waals surface area (Å²) in [4.78, 5) is 2.32. The van der Waals surface area contributed by atoms with E-state index in [2.05, 4.69) is 22.2 Å². The quantitative estimate of drug-likeness (QED) is 0.919. The van der Waals surface area contributed by atoms with Crippen molar-refractivity contribution < 1.29 is 14.4 Å². The van der Waals surface area contributed by atoms with Crippen LogP contribution in [0.3, 0.4) is 0 Å². The van der Waals surface area contributed by atoms with Crippen molar-refractivity contribution in [3.8, 4) is 5.75 Å². The molecule has 5 heteroatoms. The van der Waals surface area contributed by atoms with E-state index in [0.29, 0.717) is 12.5 Å². The summed E-state index contributed by atoms with van der Waals surface area (Å²) >= 11 is 0. The number of benzene rings is 1. The van der Waals surface area contributed by atoms with Crippen LogP contribution < -0.4 is 4.74 Å². The molecule has 1 saturated heterocycles. The maximum atomic E-state index is 10.2. The second-order valence-corrected chi connectivity index (χ2v) is 6.60. The molecule has 0 radical (unpaired) electrons. The van der Waals surface area contributed by atoms with E-state index in [9.17, 15) is 5.11 Å². The largest absolute Gasteiger partial charge is 0.497 e. The Labute approximate surface area is 135 Å². The van der Waals surface area contributed by atoms with Crippen molar-refractivity contribution in [3.05, 3.63) is 47.3 Å². The number of rotatable bonds is 5. The predicted octanol–water partition coefficient (Wildman–Crippen LogP) is 2.87. The molecule has 0 amide bonds. The molecule has 23 heavy (non-hydrogen) atoms. The Balaban J connectivity index is 1.57. The van der Waals surface area contributed by atoms with Crippen molar-refractivity contribution in [1.82, 2.24) is 10.1 Å². The van der Waals surface area contributed by atoms with Gasteiger partial charge in [-0.25, -0.2) is 0 Å². The van der Waals surface area contributed by atoms with Crippen molar-refractivity contribution >= 4 is 0 Å². The van der Waals surface area contributed by atoms with E-state index in [0.717, 1.165) is 30.0 Å². The van der Waals surface area contributed by atoms with Gasteiger partial charge in [0.2, 0.25) is 0 Å². The molecule has 1 saturated carbocycles. The summed E-state index contributed by atoms with van der Waals surface area (Å²) in [7, 11) is 1.68. The molecule has 0 spiro atoms. The molecule has 1 aliphatic heterocycles. The molecule has 2 fully saturated rings. The molecule has 122 valence electrons. The van der Waals surface area contributed by atoms with E-state index in [1.807, 2.05) is 18.3 Å². The number of ether oxygens (including phenoxy) is 1. The zero-order chi connectivity index (χ0) is 15.8. The van der Waals surface area contributed by atoms with E-state index < -0.39 is 0 Å². The summed E-state index contributed by atoms with van der Waals surface area (Å²) in [5.41, 5.74) is 2.35. The lowest BCUT2D eigenvalue weighted by Gasteiger charge is -2.24. The van der Waals surface area contributed by atoms with E-state index in [1.165, 1.54) is 18.4 Å². The first kappa shape index (κ1) is 14.7. The molecule has 1 N–H and O–H groups in total. The third-order valence-electron chi connectivity index (χ3n) is 4.86. The molecule has 2 atom stereocenters. The van der Waals surface area contributed by atoms with E-state index >= 15 is 0 Å². The van der Waals surface area contributed by atoms with Crippen LogP contribution in [0.15, 0.2) is 35.0 Å². The number of nitrogens with zero attached hydrogens (tertiary/aromatic N) is 2. The number of aliphatic hydroxyl groups is 1. The lowest BCUT2D eigenvalue weighted by Crippen LogP contribution is -2.24. The minimum atomic E-state index is -0.296. The molecule has 1 aromatic heterocycles. The predicted molar refractivity (Wildman–Crippen MR) is 85.2 cm³/mol. The highest BCUT2D eigenvalue weighted by molar-refractivity contribution is 5.31. The molecular weight excluding hydrogens is 292 g/mol. The summed E-state index contributed by atoms with van der Waals surface area (Å²) in [6, 6.07) is 8.32. The smallest absolute Gasteiger partial charge is 0.144 e. The fraction of sp³-hybridized carbons (Fsp3) is 0.500. The second-order valence-electron chi connectivity index (χ2n) is 6.60. The van der Waals surface area contributed by atoms with Gasteiger partial charge in [0.25, 0.3) is 0 Å². The lowest BCUT2D eigenvalue weighted by molar-refractivity contribution is 0.172. The number of hydrogen-bond donors (Lipinski definition) is 1. The van der Waals surface area contributed by atoms with Crippen LogP contribution in [0.25, 0.3) is 0 Å². The maximum absolute atomic E-state index is 10.2. The molecular formula is C18H22N2O3. The van der Waals surface area contributed by atoms with Crippen molar-refractivity contribution in [1.29, 1.82) is 0 Å². The molecule has 0 unspecified atom stereocenters.